The Hall–Kier alpha value is -1.76. The van der Waals surface area contributed by atoms with Crippen LogP contribution in [0.2, 0.25) is 0 Å². The smallest absolute Gasteiger partial charge is 0.306 e. The van der Waals surface area contributed by atoms with E-state index >= 15 is 0 Å². The van der Waals surface area contributed by atoms with Gasteiger partial charge in [0.25, 0.3) is 0 Å². The number of benzene rings is 1. The van der Waals surface area contributed by atoms with Crippen LogP contribution in [0.5, 0.6) is 0 Å². The Bertz CT molecular complexity index is 518. The zero-order chi connectivity index (χ0) is 14.5. The molecule has 108 valence electrons. The van der Waals surface area contributed by atoms with E-state index in [1.54, 1.807) is 0 Å². The predicted molar refractivity (Wildman–Crippen MR) is 79.3 cm³/mol. The summed E-state index contributed by atoms with van der Waals surface area (Å²) in [7, 11) is 0. The lowest BCUT2D eigenvalue weighted by molar-refractivity contribution is -0.387. The summed E-state index contributed by atoms with van der Waals surface area (Å²) in [4.78, 5) is 9.91. The van der Waals surface area contributed by atoms with Crippen molar-refractivity contribution in [1.82, 2.24) is 5.32 Å². The van der Waals surface area contributed by atoms with Crippen LogP contribution in [0, 0.1) is 15.9 Å². The molecule has 0 heterocycles. The van der Waals surface area contributed by atoms with Crippen molar-refractivity contribution in [2.75, 3.05) is 5.32 Å². The van der Waals surface area contributed by atoms with Crippen LogP contribution >= 0.6 is 12.2 Å². The molecule has 1 aliphatic carbocycles. The predicted octanol–water partition coefficient (Wildman–Crippen LogP) is 3.35. The maximum Gasteiger partial charge on any atom is 0.306 e. The van der Waals surface area contributed by atoms with Gasteiger partial charge in [0, 0.05) is 17.8 Å². The highest BCUT2D eigenvalue weighted by Crippen LogP contribution is 2.22. The minimum absolute atomic E-state index is 0.346. The number of rotatable bonds is 3. The molecule has 0 bridgehead atoms. The Morgan fingerprint density at radius 2 is 2.05 bits per heavy atom. The second-order valence-corrected chi connectivity index (χ2v) is 5.26. The molecule has 0 unspecified atom stereocenters. The van der Waals surface area contributed by atoms with Gasteiger partial charge in [-0.3, -0.25) is 10.1 Å². The van der Waals surface area contributed by atoms with E-state index in [2.05, 4.69) is 10.6 Å². The van der Waals surface area contributed by atoms with Gasteiger partial charge in [0.1, 0.15) is 0 Å². The average molecular weight is 297 g/mol. The first-order valence-corrected chi connectivity index (χ1v) is 6.98. The number of thiocarbonyl (C=S) groups is 1. The first-order chi connectivity index (χ1) is 9.56. The van der Waals surface area contributed by atoms with Gasteiger partial charge in [0.05, 0.1) is 4.92 Å². The summed E-state index contributed by atoms with van der Waals surface area (Å²) in [6.07, 6.45) is 5.77. The van der Waals surface area contributed by atoms with Gasteiger partial charge in [0.2, 0.25) is 5.82 Å². The summed E-state index contributed by atoms with van der Waals surface area (Å²) in [6.45, 7) is 0. The molecule has 5 nitrogen and oxygen atoms in total. The summed E-state index contributed by atoms with van der Waals surface area (Å²) >= 11 is 5.17. The maximum absolute atomic E-state index is 13.2. The Balaban J connectivity index is 1.96. The van der Waals surface area contributed by atoms with Crippen LogP contribution < -0.4 is 10.6 Å². The van der Waals surface area contributed by atoms with Gasteiger partial charge in [-0.15, -0.1) is 0 Å². The molecule has 7 heteroatoms. The van der Waals surface area contributed by atoms with Gasteiger partial charge in [-0.25, -0.2) is 0 Å². The van der Waals surface area contributed by atoms with Gasteiger partial charge >= 0.3 is 5.69 Å². The minimum atomic E-state index is -0.855. The molecule has 0 spiro atoms. The van der Waals surface area contributed by atoms with Crippen molar-refractivity contribution in [2.45, 2.75) is 38.1 Å². The van der Waals surface area contributed by atoms with E-state index in [0.29, 0.717) is 16.8 Å². The van der Waals surface area contributed by atoms with Crippen molar-refractivity contribution >= 4 is 28.7 Å². The summed E-state index contributed by atoms with van der Waals surface area (Å²) in [6, 6.07) is 3.98. The van der Waals surface area contributed by atoms with Crippen molar-refractivity contribution < 1.29 is 9.31 Å². The minimum Gasteiger partial charge on any atom is -0.360 e. The van der Waals surface area contributed by atoms with Crippen molar-refractivity contribution in [1.29, 1.82) is 0 Å². The second kappa shape index (κ2) is 6.60. The zero-order valence-electron chi connectivity index (χ0n) is 10.9. The van der Waals surface area contributed by atoms with Gasteiger partial charge in [0.15, 0.2) is 5.11 Å². The number of hydrogen-bond acceptors (Lipinski definition) is 3. The molecule has 0 atom stereocenters. The standard InChI is InChI=1S/C13H16FN3O2S/c14-11-7-6-10(8-12(11)17(18)19)16-13(20)15-9-4-2-1-3-5-9/h6-9H,1-5H2,(H2,15,16,20). The van der Waals surface area contributed by atoms with Gasteiger partial charge in [-0.1, -0.05) is 19.3 Å². The van der Waals surface area contributed by atoms with Crippen molar-refractivity contribution in [2.24, 2.45) is 0 Å². The van der Waals surface area contributed by atoms with E-state index in [4.69, 9.17) is 12.2 Å². The molecule has 0 amide bonds. The van der Waals surface area contributed by atoms with Crippen LogP contribution in [-0.2, 0) is 0 Å². The quantitative estimate of drug-likeness (QED) is 0.509. The lowest BCUT2D eigenvalue weighted by Gasteiger charge is -2.24. The largest absolute Gasteiger partial charge is 0.360 e. The molecule has 1 aliphatic rings. The first-order valence-electron chi connectivity index (χ1n) is 6.58. The van der Waals surface area contributed by atoms with E-state index in [0.717, 1.165) is 25.0 Å². The Labute approximate surface area is 121 Å². The average Bonchev–Trinajstić information content (AvgIpc) is 2.41. The number of nitro benzene ring substituents is 1. The summed E-state index contributed by atoms with van der Waals surface area (Å²) in [5.41, 5.74) is -0.151. The van der Waals surface area contributed by atoms with Crippen LogP contribution in [0.3, 0.4) is 0 Å². The molecular formula is C13H16FN3O2S. The number of hydrogen-bond donors (Lipinski definition) is 2. The Morgan fingerprint density at radius 3 is 2.70 bits per heavy atom. The van der Waals surface area contributed by atoms with Crippen molar-refractivity contribution in [3.63, 3.8) is 0 Å². The van der Waals surface area contributed by atoms with Gasteiger partial charge in [-0.2, -0.15) is 4.39 Å². The lowest BCUT2D eigenvalue weighted by atomic mass is 9.96. The summed E-state index contributed by atoms with van der Waals surface area (Å²) in [5, 5.41) is 17.1. The molecule has 0 aliphatic heterocycles. The fourth-order valence-electron chi connectivity index (χ4n) is 2.33. The highest BCUT2D eigenvalue weighted by atomic mass is 32.1. The zero-order valence-corrected chi connectivity index (χ0v) is 11.7. The van der Waals surface area contributed by atoms with Crippen LogP contribution in [0.4, 0.5) is 15.8 Å². The van der Waals surface area contributed by atoms with E-state index < -0.39 is 16.4 Å². The van der Waals surface area contributed by atoms with Crippen LogP contribution in [-0.4, -0.2) is 16.1 Å². The number of nitro groups is 1. The molecule has 1 fully saturated rings. The molecule has 2 N–H and O–H groups in total. The number of nitrogens with one attached hydrogen (secondary N) is 2. The fraction of sp³-hybridized carbons (Fsp3) is 0.462. The SMILES string of the molecule is O=[N+]([O-])c1cc(NC(=S)NC2CCCCC2)ccc1F. The van der Waals surface area contributed by atoms with Gasteiger partial charge < -0.3 is 10.6 Å². The molecular weight excluding hydrogens is 281 g/mol. The lowest BCUT2D eigenvalue weighted by Crippen LogP contribution is -2.38. The molecule has 20 heavy (non-hydrogen) atoms. The summed E-state index contributed by atoms with van der Waals surface area (Å²) in [5.74, 6) is -0.855. The number of anilines is 1. The number of nitrogens with zero attached hydrogens (tertiary/aromatic N) is 1. The monoisotopic (exact) mass is 297 g/mol. The summed E-state index contributed by atoms with van der Waals surface area (Å²) < 4.78 is 13.2. The highest BCUT2D eigenvalue weighted by Gasteiger charge is 2.16. The normalized spacial score (nSPS) is 15.7. The third-order valence-electron chi connectivity index (χ3n) is 3.34. The molecule has 0 radical (unpaired) electrons. The van der Waals surface area contributed by atoms with E-state index in [9.17, 15) is 14.5 Å². The molecule has 1 saturated carbocycles. The third kappa shape index (κ3) is 3.86. The molecule has 0 saturated heterocycles. The van der Waals surface area contributed by atoms with E-state index in [-0.39, 0.29) is 0 Å². The molecule has 2 rings (SSSR count). The van der Waals surface area contributed by atoms with Crippen molar-refractivity contribution in [3.05, 3.63) is 34.1 Å². The van der Waals surface area contributed by atoms with E-state index in [1.165, 1.54) is 25.3 Å². The Kier molecular flexibility index (Phi) is 4.84. The number of halogens is 1. The molecule has 1 aromatic carbocycles. The van der Waals surface area contributed by atoms with Crippen LogP contribution in [0.25, 0.3) is 0 Å². The van der Waals surface area contributed by atoms with Crippen LogP contribution in [0.1, 0.15) is 32.1 Å². The second-order valence-electron chi connectivity index (χ2n) is 4.86. The molecule has 1 aromatic rings. The van der Waals surface area contributed by atoms with E-state index in [1.807, 2.05) is 0 Å². The Morgan fingerprint density at radius 1 is 1.35 bits per heavy atom. The third-order valence-corrected chi connectivity index (χ3v) is 3.56. The first kappa shape index (κ1) is 14.6. The van der Waals surface area contributed by atoms with Crippen molar-refractivity contribution in [3.8, 4) is 0 Å². The van der Waals surface area contributed by atoms with Crippen LogP contribution in [0.15, 0.2) is 18.2 Å². The van der Waals surface area contributed by atoms with Gasteiger partial charge in [-0.05, 0) is 37.2 Å². The topological polar surface area (TPSA) is 67.2 Å². The molecule has 0 aromatic heterocycles. The maximum atomic E-state index is 13.2. The fourth-order valence-corrected chi connectivity index (χ4v) is 2.61. The highest BCUT2D eigenvalue weighted by molar-refractivity contribution is 7.80.